The van der Waals surface area contributed by atoms with Gasteiger partial charge in [0.1, 0.15) is 0 Å². The summed E-state index contributed by atoms with van der Waals surface area (Å²) in [6.45, 7) is 12.3. The summed E-state index contributed by atoms with van der Waals surface area (Å²) in [5, 5.41) is 8.21. The van der Waals surface area contributed by atoms with Gasteiger partial charge in [-0.05, 0) is 38.8 Å². The van der Waals surface area contributed by atoms with E-state index < -0.39 is 0 Å². The van der Waals surface area contributed by atoms with Crippen LogP contribution in [0, 0.1) is 0 Å². The van der Waals surface area contributed by atoms with Gasteiger partial charge >= 0.3 is 0 Å². The predicted octanol–water partition coefficient (Wildman–Crippen LogP) is 2.80. The van der Waals surface area contributed by atoms with Crippen molar-refractivity contribution in [3.8, 4) is 0 Å². The van der Waals surface area contributed by atoms with E-state index in [4.69, 9.17) is 4.74 Å². The van der Waals surface area contributed by atoms with Crippen LogP contribution in [-0.2, 0) is 24.1 Å². The molecule has 4 heteroatoms. The molecule has 0 saturated carbocycles. The molecule has 0 fully saturated rings. The Morgan fingerprint density at radius 3 is 2.65 bits per heavy atom. The summed E-state index contributed by atoms with van der Waals surface area (Å²) >= 11 is 0. The summed E-state index contributed by atoms with van der Waals surface area (Å²) in [5.41, 5.74) is 2.50. The molecule has 0 radical (unpaired) electrons. The van der Waals surface area contributed by atoms with Crippen molar-refractivity contribution < 1.29 is 4.74 Å². The van der Waals surface area contributed by atoms with Gasteiger partial charge in [-0.3, -0.25) is 4.68 Å². The van der Waals surface area contributed by atoms with Crippen LogP contribution in [0.25, 0.3) is 0 Å². The minimum absolute atomic E-state index is 0.383. The third-order valence-electron chi connectivity index (χ3n) is 3.38. The fourth-order valence-corrected chi connectivity index (χ4v) is 2.29. The summed E-state index contributed by atoms with van der Waals surface area (Å²) in [6, 6.07) is 2.62. The zero-order chi connectivity index (χ0) is 14.8. The zero-order valence-electron chi connectivity index (χ0n) is 13.6. The Hall–Kier alpha value is -0.870. The third kappa shape index (κ3) is 5.63. The highest BCUT2D eigenvalue weighted by atomic mass is 16.5. The maximum Gasteiger partial charge on any atom is 0.0624 e. The smallest absolute Gasteiger partial charge is 0.0624 e. The number of hydrogen-bond donors (Lipinski definition) is 1. The Labute approximate surface area is 123 Å². The number of hydrogen-bond acceptors (Lipinski definition) is 3. The van der Waals surface area contributed by atoms with Gasteiger partial charge in [0.15, 0.2) is 0 Å². The number of rotatable bonds is 11. The van der Waals surface area contributed by atoms with E-state index in [2.05, 4.69) is 48.9 Å². The van der Waals surface area contributed by atoms with E-state index in [0.717, 1.165) is 52.0 Å². The first-order chi connectivity index (χ1) is 9.74. The van der Waals surface area contributed by atoms with Crippen molar-refractivity contribution in [1.82, 2.24) is 15.1 Å². The standard InChI is InChI=1S/C16H31N3O/c1-5-9-17-15(13-20-10-6-2)12-16-11-14(7-3)18-19(16)8-4/h11,15,17H,5-10,12-13H2,1-4H3. The maximum absolute atomic E-state index is 5.73. The van der Waals surface area contributed by atoms with E-state index in [0.29, 0.717) is 6.04 Å². The van der Waals surface area contributed by atoms with Crippen LogP contribution in [0.2, 0.25) is 0 Å². The van der Waals surface area contributed by atoms with Crippen molar-refractivity contribution in [3.05, 3.63) is 17.5 Å². The number of aromatic nitrogens is 2. The lowest BCUT2D eigenvalue weighted by Gasteiger charge is -2.19. The van der Waals surface area contributed by atoms with Crippen LogP contribution in [0.3, 0.4) is 0 Å². The second-order valence-corrected chi connectivity index (χ2v) is 5.23. The lowest BCUT2D eigenvalue weighted by atomic mass is 10.1. The van der Waals surface area contributed by atoms with Gasteiger partial charge in [0.2, 0.25) is 0 Å². The summed E-state index contributed by atoms with van der Waals surface area (Å²) < 4.78 is 7.85. The Bertz CT molecular complexity index is 363. The number of nitrogens with zero attached hydrogens (tertiary/aromatic N) is 2. The van der Waals surface area contributed by atoms with Gasteiger partial charge in [-0.25, -0.2) is 0 Å². The minimum Gasteiger partial charge on any atom is -0.380 e. The first-order valence-corrected chi connectivity index (χ1v) is 8.11. The molecule has 0 saturated heterocycles. The lowest BCUT2D eigenvalue weighted by Crippen LogP contribution is -2.36. The molecule has 1 aromatic heterocycles. The highest BCUT2D eigenvalue weighted by Gasteiger charge is 2.13. The van der Waals surface area contributed by atoms with Gasteiger partial charge in [0, 0.05) is 31.3 Å². The molecule has 1 atom stereocenters. The Morgan fingerprint density at radius 2 is 2.05 bits per heavy atom. The molecular weight excluding hydrogens is 250 g/mol. The molecule has 0 spiro atoms. The Balaban J connectivity index is 2.63. The van der Waals surface area contributed by atoms with Crippen molar-refractivity contribution in [3.63, 3.8) is 0 Å². The molecule has 1 aromatic rings. The van der Waals surface area contributed by atoms with Crippen LogP contribution in [0.15, 0.2) is 6.07 Å². The molecular formula is C16H31N3O. The van der Waals surface area contributed by atoms with Gasteiger partial charge in [0.25, 0.3) is 0 Å². The molecule has 1 N–H and O–H groups in total. The molecule has 20 heavy (non-hydrogen) atoms. The number of aryl methyl sites for hydroxylation is 2. The highest BCUT2D eigenvalue weighted by Crippen LogP contribution is 2.09. The summed E-state index contributed by atoms with van der Waals surface area (Å²) in [7, 11) is 0. The van der Waals surface area contributed by atoms with E-state index in [-0.39, 0.29) is 0 Å². The first-order valence-electron chi connectivity index (χ1n) is 8.11. The molecule has 0 aliphatic rings. The van der Waals surface area contributed by atoms with Gasteiger partial charge in [-0.1, -0.05) is 20.8 Å². The topological polar surface area (TPSA) is 39.1 Å². The third-order valence-corrected chi connectivity index (χ3v) is 3.38. The predicted molar refractivity (Wildman–Crippen MR) is 84.2 cm³/mol. The molecule has 1 unspecified atom stereocenters. The largest absolute Gasteiger partial charge is 0.380 e. The van der Waals surface area contributed by atoms with Gasteiger partial charge in [0.05, 0.1) is 12.3 Å². The number of nitrogens with one attached hydrogen (secondary N) is 1. The van der Waals surface area contributed by atoms with Gasteiger partial charge < -0.3 is 10.1 Å². The second kappa shape index (κ2) is 9.94. The van der Waals surface area contributed by atoms with Gasteiger partial charge in [-0.15, -0.1) is 0 Å². The van der Waals surface area contributed by atoms with Crippen LogP contribution in [-0.4, -0.2) is 35.6 Å². The normalized spacial score (nSPS) is 12.8. The quantitative estimate of drug-likeness (QED) is 0.634. The fourth-order valence-electron chi connectivity index (χ4n) is 2.29. The van der Waals surface area contributed by atoms with Crippen LogP contribution in [0.1, 0.15) is 51.9 Å². The van der Waals surface area contributed by atoms with E-state index in [1.807, 2.05) is 0 Å². The van der Waals surface area contributed by atoms with Crippen molar-refractivity contribution in [2.75, 3.05) is 19.8 Å². The summed E-state index contributed by atoms with van der Waals surface area (Å²) in [4.78, 5) is 0. The van der Waals surface area contributed by atoms with E-state index >= 15 is 0 Å². The van der Waals surface area contributed by atoms with Crippen molar-refractivity contribution in [2.45, 2.75) is 66.0 Å². The molecule has 0 aliphatic carbocycles. The number of ether oxygens (including phenoxy) is 1. The monoisotopic (exact) mass is 281 g/mol. The van der Waals surface area contributed by atoms with Crippen LogP contribution < -0.4 is 5.32 Å². The zero-order valence-corrected chi connectivity index (χ0v) is 13.6. The second-order valence-electron chi connectivity index (χ2n) is 5.23. The van der Waals surface area contributed by atoms with E-state index in [1.165, 1.54) is 11.4 Å². The Morgan fingerprint density at radius 1 is 1.25 bits per heavy atom. The molecule has 1 heterocycles. The molecule has 0 aromatic carbocycles. The molecule has 0 amide bonds. The lowest BCUT2D eigenvalue weighted by molar-refractivity contribution is 0.111. The van der Waals surface area contributed by atoms with Crippen LogP contribution >= 0.6 is 0 Å². The van der Waals surface area contributed by atoms with Crippen molar-refractivity contribution >= 4 is 0 Å². The highest BCUT2D eigenvalue weighted by molar-refractivity contribution is 5.12. The molecule has 0 bridgehead atoms. The average Bonchev–Trinajstić information content (AvgIpc) is 2.87. The first kappa shape index (κ1) is 17.2. The summed E-state index contributed by atoms with van der Waals surface area (Å²) in [6.07, 6.45) is 4.22. The molecule has 1 rings (SSSR count). The van der Waals surface area contributed by atoms with Crippen LogP contribution in [0.4, 0.5) is 0 Å². The van der Waals surface area contributed by atoms with Crippen molar-refractivity contribution in [1.29, 1.82) is 0 Å². The summed E-state index contributed by atoms with van der Waals surface area (Å²) in [5.74, 6) is 0. The van der Waals surface area contributed by atoms with Gasteiger partial charge in [-0.2, -0.15) is 5.10 Å². The fraction of sp³-hybridized carbons (Fsp3) is 0.812. The molecule has 116 valence electrons. The SMILES string of the molecule is CCCNC(COCCC)Cc1cc(CC)nn1CC. The average molecular weight is 281 g/mol. The molecule has 0 aliphatic heterocycles. The van der Waals surface area contributed by atoms with E-state index in [9.17, 15) is 0 Å². The van der Waals surface area contributed by atoms with Crippen molar-refractivity contribution in [2.24, 2.45) is 0 Å². The Kier molecular flexibility index (Phi) is 8.54. The maximum atomic E-state index is 5.73. The van der Waals surface area contributed by atoms with E-state index in [1.54, 1.807) is 0 Å². The molecule has 4 nitrogen and oxygen atoms in total. The minimum atomic E-state index is 0.383. The van der Waals surface area contributed by atoms with Crippen LogP contribution in [0.5, 0.6) is 0 Å².